The summed E-state index contributed by atoms with van der Waals surface area (Å²) in [7, 11) is 0. The van der Waals surface area contributed by atoms with Crippen LogP contribution in [0.25, 0.3) is 0 Å². The Morgan fingerprint density at radius 2 is 2.00 bits per heavy atom. The molecule has 1 aromatic carbocycles. The number of benzene rings is 1. The number of halogens is 2. The normalized spacial score (nSPS) is 11.4. The summed E-state index contributed by atoms with van der Waals surface area (Å²) in [5.41, 5.74) is 5.29. The van der Waals surface area contributed by atoms with Crippen molar-refractivity contribution in [2.24, 2.45) is 11.1 Å². The quantitative estimate of drug-likeness (QED) is 0.442. The fraction of sp³-hybridized carbons (Fsp3) is 0.500. The molecule has 106 valence electrons. The molecule has 0 atom stereocenters. The van der Waals surface area contributed by atoms with Crippen LogP contribution in [0, 0.1) is 10.8 Å². The average Bonchev–Trinajstić information content (AvgIpc) is 2.32. The molecule has 1 aromatic rings. The first-order chi connectivity index (χ1) is 8.83. The van der Waals surface area contributed by atoms with Crippen LogP contribution >= 0.6 is 23.2 Å². The Labute approximate surface area is 124 Å². The van der Waals surface area contributed by atoms with E-state index in [0.29, 0.717) is 22.4 Å². The molecule has 19 heavy (non-hydrogen) atoms. The van der Waals surface area contributed by atoms with E-state index in [0.717, 1.165) is 19.3 Å². The lowest BCUT2D eigenvalue weighted by Crippen LogP contribution is -2.30. The summed E-state index contributed by atoms with van der Waals surface area (Å²) in [4.78, 5) is 0. The fourth-order valence-corrected chi connectivity index (χ4v) is 1.91. The first kappa shape index (κ1) is 16.1. The zero-order valence-electron chi connectivity index (χ0n) is 11.3. The van der Waals surface area contributed by atoms with Crippen molar-refractivity contribution >= 4 is 29.0 Å². The first-order valence-electron chi connectivity index (χ1n) is 6.25. The highest BCUT2D eigenvalue weighted by Gasteiger charge is 2.20. The largest absolute Gasteiger partial charge is 0.492 e. The zero-order chi connectivity index (χ0) is 14.5. The molecular weight excluding hydrogens is 283 g/mol. The third kappa shape index (κ3) is 5.29. The van der Waals surface area contributed by atoms with Crippen LogP contribution in [0.15, 0.2) is 18.2 Å². The number of hydrogen-bond acceptors (Lipinski definition) is 2. The highest BCUT2D eigenvalue weighted by molar-refractivity contribution is 6.34. The molecule has 0 heterocycles. The standard InChI is InChI=1S/C14H20Cl2N2O/c1-14(2,13(17)18)7-3-4-8-19-12-9-10(15)5-6-11(12)16/h5-6,9H,3-4,7-8H2,1-2H3,(H3,17,18). The average molecular weight is 303 g/mol. The van der Waals surface area contributed by atoms with Crippen LogP contribution < -0.4 is 10.5 Å². The van der Waals surface area contributed by atoms with Gasteiger partial charge in [-0.05, 0) is 31.4 Å². The maximum atomic E-state index is 7.48. The lowest BCUT2D eigenvalue weighted by Gasteiger charge is -2.22. The molecule has 0 fully saturated rings. The van der Waals surface area contributed by atoms with Crippen LogP contribution in [0.2, 0.25) is 10.0 Å². The van der Waals surface area contributed by atoms with Crippen molar-refractivity contribution in [3.8, 4) is 5.75 Å². The molecule has 0 bridgehead atoms. The third-order valence-electron chi connectivity index (χ3n) is 3.08. The van der Waals surface area contributed by atoms with Gasteiger partial charge in [-0.15, -0.1) is 0 Å². The van der Waals surface area contributed by atoms with E-state index in [1.54, 1.807) is 18.2 Å². The van der Waals surface area contributed by atoms with Crippen molar-refractivity contribution in [1.29, 1.82) is 5.41 Å². The van der Waals surface area contributed by atoms with Gasteiger partial charge in [0.25, 0.3) is 0 Å². The Morgan fingerprint density at radius 1 is 1.32 bits per heavy atom. The molecule has 1 rings (SSSR count). The minimum atomic E-state index is -0.242. The SMILES string of the molecule is CC(C)(CCCCOc1cc(Cl)ccc1Cl)C(=N)N. The van der Waals surface area contributed by atoms with Gasteiger partial charge in [0.05, 0.1) is 17.5 Å². The molecule has 0 saturated carbocycles. The molecule has 0 unspecified atom stereocenters. The summed E-state index contributed by atoms with van der Waals surface area (Å²) < 4.78 is 5.59. The lowest BCUT2D eigenvalue weighted by atomic mass is 9.86. The molecule has 0 spiro atoms. The number of rotatable bonds is 7. The molecule has 0 aromatic heterocycles. The van der Waals surface area contributed by atoms with Gasteiger partial charge in [0.2, 0.25) is 0 Å². The van der Waals surface area contributed by atoms with Crippen molar-refractivity contribution in [2.45, 2.75) is 33.1 Å². The van der Waals surface area contributed by atoms with Gasteiger partial charge in [0.1, 0.15) is 5.75 Å². The van der Waals surface area contributed by atoms with Gasteiger partial charge in [-0.25, -0.2) is 0 Å². The van der Waals surface area contributed by atoms with Gasteiger partial charge in [-0.2, -0.15) is 0 Å². The molecule has 0 aliphatic rings. The molecule has 0 radical (unpaired) electrons. The third-order valence-corrected chi connectivity index (χ3v) is 3.62. The van der Waals surface area contributed by atoms with Crippen molar-refractivity contribution in [1.82, 2.24) is 0 Å². The maximum Gasteiger partial charge on any atom is 0.139 e. The van der Waals surface area contributed by atoms with Crippen LogP contribution in [-0.4, -0.2) is 12.4 Å². The molecule has 0 saturated heterocycles. The van der Waals surface area contributed by atoms with E-state index in [9.17, 15) is 0 Å². The Balaban J connectivity index is 2.32. The Bertz CT molecular complexity index is 447. The highest BCUT2D eigenvalue weighted by Crippen LogP contribution is 2.28. The van der Waals surface area contributed by atoms with Crippen molar-refractivity contribution < 1.29 is 4.74 Å². The molecule has 0 aliphatic heterocycles. The van der Waals surface area contributed by atoms with E-state index in [4.69, 9.17) is 39.1 Å². The molecule has 5 heteroatoms. The Kier molecular flexibility index (Phi) is 5.95. The van der Waals surface area contributed by atoms with Crippen molar-refractivity contribution in [2.75, 3.05) is 6.61 Å². The number of unbranched alkanes of at least 4 members (excludes halogenated alkanes) is 1. The maximum absolute atomic E-state index is 7.48. The second kappa shape index (κ2) is 7.01. The van der Waals surface area contributed by atoms with Crippen LogP contribution in [0.5, 0.6) is 5.75 Å². The smallest absolute Gasteiger partial charge is 0.139 e. The lowest BCUT2D eigenvalue weighted by molar-refractivity contribution is 0.296. The first-order valence-corrected chi connectivity index (χ1v) is 7.01. The summed E-state index contributed by atoms with van der Waals surface area (Å²) >= 11 is 11.9. The second-order valence-corrected chi connectivity index (χ2v) is 6.02. The van der Waals surface area contributed by atoms with Gasteiger partial charge in [-0.3, -0.25) is 5.41 Å². The number of amidine groups is 1. The summed E-state index contributed by atoms with van der Waals surface area (Å²) in [6.07, 6.45) is 2.71. The second-order valence-electron chi connectivity index (χ2n) is 5.18. The van der Waals surface area contributed by atoms with E-state index in [1.165, 1.54) is 0 Å². The van der Waals surface area contributed by atoms with Crippen molar-refractivity contribution in [3.63, 3.8) is 0 Å². The summed E-state index contributed by atoms with van der Waals surface area (Å²) in [6.45, 7) is 4.53. The van der Waals surface area contributed by atoms with Crippen LogP contribution in [0.3, 0.4) is 0 Å². The topological polar surface area (TPSA) is 59.1 Å². The molecule has 3 N–H and O–H groups in total. The number of hydrogen-bond donors (Lipinski definition) is 2. The summed E-state index contributed by atoms with van der Waals surface area (Å²) in [6, 6.07) is 5.16. The highest BCUT2D eigenvalue weighted by atomic mass is 35.5. The molecular formula is C14H20Cl2N2O. The zero-order valence-corrected chi connectivity index (χ0v) is 12.8. The fourth-order valence-electron chi connectivity index (χ4n) is 1.57. The van der Waals surface area contributed by atoms with Crippen LogP contribution in [0.1, 0.15) is 33.1 Å². The summed E-state index contributed by atoms with van der Waals surface area (Å²) in [5, 5.41) is 8.65. The van der Waals surface area contributed by atoms with E-state index in [1.807, 2.05) is 13.8 Å². The minimum absolute atomic E-state index is 0.228. The molecule has 0 amide bonds. The van der Waals surface area contributed by atoms with Crippen LogP contribution in [-0.2, 0) is 0 Å². The van der Waals surface area contributed by atoms with E-state index < -0.39 is 0 Å². The van der Waals surface area contributed by atoms with Gasteiger partial charge >= 0.3 is 0 Å². The monoisotopic (exact) mass is 302 g/mol. The predicted octanol–water partition coefficient (Wildman–Crippen LogP) is 4.50. The minimum Gasteiger partial charge on any atom is -0.492 e. The number of ether oxygens (including phenoxy) is 1. The van der Waals surface area contributed by atoms with Crippen molar-refractivity contribution in [3.05, 3.63) is 28.2 Å². The van der Waals surface area contributed by atoms with E-state index in [2.05, 4.69) is 0 Å². The van der Waals surface area contributed by atoms with Gasteiger partial charge in [-0.1, -0.05) is 37.0 Å². The number of nitrogens with one attached hydrogen (secondary N) is 1. The van der Waals surface area contributed by atoms with Gasteiger partial charge in [0.15, 0.2) is 0 Å². The van der Waals surface area contributed by atoms with E-state index >= 15 is 0 Å². The van der Waals surface area contributed by atoms with Crippen LogP contribution in [0.4, 0.5) is 0 Å². The van der Waals surface area contributed by atoms with E-state index in [-0.39, 0.29) is 11.3 Å². The number of nitrogens with two attached hydrogens (primary N) is 1. The molecule has 0 aliphatic carbocycles. The molecule has 3 nitrogen and oxygen atoms in total. The Morgan fingerprint density at radius 3 is 2.63 bits per heavy atom. The predicted molar refractivity (Wildman–Crippen MR) is 81.5 cm³/mol. The van der Waals surface area contributed by atoms with Gasteiger partial charge in [0, 0.05) is 16.5 Å². The summed E-state index contributed by atoms with van der Waals surface area (Å²) in [5.74, 6) is 0.839. The van der Waals surface area contributed by atoms with Gasteiger partial charge < -0.3 is 10.5 Å². The Hall–Kier alpha value is -0.930.